The summed E-state index contributed by atoms with van der Waals surface area (Å²) in [6.45, 7) is 6.26. The second-order valence-electron chi connectivity index (χ2n) is 4.88. The molecular formula is C15H16Cl2N2O. The van der Waals surface area contributed by atoms with Gasteiger partial charge < -0.3 is 4.74 Å². The van der Waals surface area contributed by atoms with E-state index in [1.54, 1.807) is 0 Å². The fourth-order valence-corrected chi connectivity index (χ4v) is 2.39. The van der Waals surface area contributed by atoms with Gasteiger partial charge in [-0.05, 0) is 30.0 Å². The van der Waals surface area contributed by atoms with Gasteiger partial charge in [0, 0.05) is 0 Å². The molecule has 0 aliphatic carbocycles. The van der Waals surface area contributed by atoms with E-state index in [1.165, 1.54) is 6.33 Å². The maximum Gasteiger partial charge on any atom is 0.228 e. The number of rotatable bonds is 4. The Morgan fingerprint density at radius 3 is 2.65 bits per heavy atom. The average Bonchev–Trinajstić information content (AvgIpc) is 2.38. The Morgan fingerprint density at radius 1 is 1.25 bits per heavy atom. The number of aromatic nitrogens is 2. The average molecular weight is 311 g/mol. The summed E-state index contributed by atoms with van der Waals surface area (Å²) >= 11 is 11.9. The lowest BCUT2D eigenvalue weighted by atomic mass is 10.0. The number of aryl methyl sites for hydroxylation is 1. The van der Waals surface area contributed by atoms with E-state index in [4.69, 9.17) is 27.9 Å². The predicted octanol–water partition coefficient (Wildman–Crippen LogP) is 5.09. The Hall–Kier alpha value is -1.32. The highest BCUT2D eigenvalue weighted by atomic mass is 35.5. The zero-order valence-corrected chi connectivity index (χ0v) is 13.2. The molecule has 2 aromatic rings. The van der Waals surface area contributed by atoms with Gasteiger partial charge in [-0.25, -0.2) is 9.97 Å². The van der Waals surface area contributed by atoms with E-state index in [-0.39, 0.29) is 5.88 Å². The van der Waals surface area contributed by atoms with E-state index < -0.39 is 0 Å². The normalized spacial score (nSPS) is 10.9. The van der Waals surface area contributed by atoms with E-state index in [1.807, 2.05) is 13.0 Å². The van der Waals surface area contributed by atoms with Gasteiger partial charge in [-0.2, -0.15) is 0 Å². The van der Waals surface area contributed by atoms with Crippen LogP contribution in [0.25, 0.3) is 0 Å². The molecule has 1 aromatic heterocycles. The van der Waals surface area contributed by atoms with Crippen molar-refractivity contribution in [1.82, 2.24) is 9.97 Å². The van der Waals surface area contributed by atoms with Crippen LogP contribution in [0.2, 0.25) is 5.15 Å². The van der Waals surface area contributed by atoms with Gasteiger partial charge in [-0.1, -0.05) is 37.6 Å². The largest absolute Gasteiger partial charge is 0.438 e. The first kappa shape index (κ1) is 15.1. The highest BCUT2D eigenvalue weighted by molar-refractivity contribution is 6.31. The summed E-state index contributed by atoms with van der Waals surface area (Å²) in [6.07, 6.45) is 1.37. The van der Waals surface area contributed by atoms with Gasteiger partial charge in [0.15, 0.2) is 0 Å². The Labute approximate surface area is 128 Å². The third-order valence-electron chi connectivity index (χ3n) is 2.98. The van der Waals surface area contributed by atoms with Crippen LogP contribution in [0.3, 0.4) is 0 Å². The molecule has 5 heteroatoms. The van der Waals surface area contributed by atoms with E-state index in [2.05, 4.69) is 35.9 Å². The van der Waals surface area contributed by atoms with Crippen molar-refractivity contribution in [2.24, 2.45) is 0 Å². The van der Waals surface area contributed by atoms with Crippen molar-refractivity contribution < 1.29 is 4.74 Å². The molecule has 0 amide bonds. The zero-order chi connectivity index (χ0) is 14.7. The molecule has 0 aliphatic heterocycles. The van der Waals surface area contributed by atoms with Crippen molar-refractivity contribution in [1.29, 1.82) is 0 Å². The molecule has 0 bridgehead atoms. The van der Waals surface area contributed by atoms with Gasteiger partial charge >= 0.3 is 0 Å². The van der Waals surface area contributed by atoms with Crippen LogP contribution in [0.5, 0.6) is 11.6 Å². The third kappa shape index (κ3) is 3.22. The van der Waals surface area contributed by atoms with Crippen LogP contribution in [-0.4, -0.2) is 9.97 Å². The van der Waals surface area contributed by atoms with Crippen LogP contribution >= 0.6 is 23.2 Å². The lowest BCUT2D eigenvalue weighted by molar-refractivity contribution is 0.448. The summed E-state index contributed by atoms with van der Waals surface area (Å²) < 4.78 is 5.93. The summed E-state index contributed by atoms with van der Waals surface area (Å²) in [7, 11) is 0. The predicted molar refractivity (Wildman–Crippen MR) is 81.9 cm³/mol. The quantitative estimate of drug-likeness (QED) is 0.582. The smallest absolute Gasteiger partial charge is 0.228 e. The van der Waals surface area contributed by atoms with Crippen LogP contribution < -0.4 is 4.74 Å². The molecule has 106 valence electrons. The van der Waals surface area contributed by atoms with Crippen molar-refractivity contribution >= 4 is 23.2 Å². The first-order valence-corrected chi connectivity index (χ1v) is 7.28. The monoisotopic (exact) mass is 310 g/mol. The molecule has 0 saturated carbocycles. The van der Waals surface area contributed by atoms with Crippen LogP contribution in [0.4, 0.5) is 0 Å². The van der Waals surface area contributed by atoms with Crippen LogP contribution in [0, 0.1) is 6.92 Å². The Morgan fingerprint density at radius 2 is 2.00 bits per heavy atom. The van der Waals surface area contributed by atoms with E-state index in [9.17, 15) is 0 Å². The molecule has 0 aliphatic rings. The molecule has 0 unspecified atom stereocenters. The molecule has 0 radical (unpaired) electrons. The second kappa shape index (κ2) is 6.42. The number of nitrogens with zero attached hydrogens (tertiary/aromatic N) is 2. The lowest BCUT2D eigenvalue weighted by Gasteiger charge is -2.15. The maximum absolute atomic E-state index is 6.01. The first-order valence-electron chi connectivity index (χ1n) is 6.36. The highest BCUT2D eigenvalue weighted by Gasteiger charge is 2.14. The molecule has 0 fully saturated rings. The molecule has 0 N–H and O–H groups in total. The van der Waals surface area contributed by atoms with Crippen LogP contribution in [-0.2, 0) is 5.88 Å². The summed E-state index contributed by atoms with van der Waals surface area (Å²) in [5, 5.41) is 0.323. The van der Waals surface area contributed by atoms with Crippen LogP contribution in [0.15, 0.2) is 24.5 Å². The number of hydrogen-bond donors (Lipinski definition) is 0. The summed E-state index contributed by atoms with van der Waals surface area (Å²) in [5.74, 6) is 1.74. The van der Waals surface area contributed by atoms with Crippen molar-refractivity contribution in [3.63, 3.8) is 0 Å². The minimum atomic E-state index is 0.206. The van der Waals surface area contributed by atoms with Gasteiger partial charge in [0.1, 0.15) is 17.2 Å². The number of hydrogen-bond acceptors (Lipinski definition) is 3. The molecule has 0 saturated heterocycles. The topological polar surface area (TPSA) is 35.0 Å². The van der Waals surface area contributed by atoms with Gasteiger partial charge in [-0.3, -0.25) is 0 Å². The molecule has 1 heterocycles. The molecule has 3 nitrogen and oxygen atoms in total. The minimum absolute atomic E-state index is 0.206. The minimum Gasteiger partial charge on any atom is -0.438 e. The molecule has 0 spiro atoms. The lowest BCUT2D eigenvalue weighted by Crippen LogP contribution is -1.99. The zero-order valence-electron chi connectivity index (χ0n) is 11.7. The van der Waals surface area contributed by atoms with Crippen molar-refractivity contribution in [2.75, 3.05) is 0 Å². The van der Waals surface area contributed by atoms with Gasteiger partial charge in [0.05, 0.1) is 11.4 Å². The van der Waals surface area contributed by atoms with Gasteiger partial charge in [-0.15, -0.1) is 11.6 Å². The first-order chi connectivity index (χ1) is 9.52. The summed E-state index contributed by atoms with van der Waals surface area (Å²) in [6, 6.07) is 6.12. The molecule has 1 aromatic carbocycles. The van der Waals surface area contributed by atoms with Gasteiger partial charge in [0.2, 0.25) is 5.88 Å². The number of benzene rings is 1. The van der Waals surface area contributed by atoms with Crippen LogP contribution in [0.1, 0.15) is 36.5 Å². The number of halogens is 2. The maximum atomic E-state index is 6.01. The highest BCUT2D eigenvalue weighted by Crippen LogP contribution is 2.33. The van der Waals surface area contributed by atoms with E-state index in [0.29, 0.717) is 22.5 Å². The van der Waals surface area contributed by atoms with E-state index >= 15 is 0 Å². The Bertz CT molecular complexity index is 615. The number of ether oxygens (including phenoxy) is 1. The van der Waals surface area contributed by atoms with Crippen molar-refractivity contribution in [2.45, 2.75) is 32.6 Å². The molecular weight excluding hydrogens is 295 g/mol. The third-order valence-corrected chi connectivity index (χ3v) is 3.58. The SMILES string of the molecule is Cc1ccc(C(C)C)c(Oc2ncnc(Cl)c2CCl)c1. The fraction of sp³-hybridized carbons (Fsp3) is 0.333. The summed E-state index contributed by atoms with van der Waals surface area (Å²) in [4.78, 5) is 8.05. The summed E-state index contributed by atoms with van der Waals surface area (Å²) in [5.41, 5.74) is 2.84. The fourth-order valence-electron chi connectivity index (χ4n) is 1.89. The van der Waals surface area contributed by atoms with Crippen molar-refractivity contribution in [3.05, 3.63) is 46.4 Å². The van der Waals surface area contributed by atoms with Gasteiger partial charge in [0.25, 0.3) is 0 Å². The standard InChI is InChI=1S/C15H16Cl2N2O/c1-9(2)11-5-4-10(3)6-13(11)20-15-12(7-16)14(17)18-8-19-15/h4-6,8-9H,7H2,1-3H3. The molecule has 0 atom stereocenters. The Kier molecular flexibility index (Phi) is 4.84. The van der Waals surface area contributed by atoms with E-state index in [0.717, 1.165) is 16.9 Å². The molecule has 20 heavy (non-hydrogen) atoms. The second-order valence-corrected chi connectivity index (χ2v) is 5.51. The Balaban J connectivity index is 2.44. The molecule has 2 rings (SSSR count). The number of alkyl halides is 1. The van der Waals surface area contributed by atoms with Crippen molar-refractivity contribution in [3.8, 4) is 11.6 Å².